The molecule has 18 heavy (non-hydrogen) atoms. The molecular weight excluding hydrogens is 236 g/mol. The maximum Gasteiger partial charge on any atom is 0.322 e. The first-order valence-corrected chi connectivity index (χ1v) is 6.15. The van der Waals surface area contributed by atoms with Crippen molar-refractivity contribution in [1.29, 1.82) is 0 Å². The summed E-state index contributed by atoms with van der Waals surface area (Å²) >= 11 is 0. The number of nitrogens with zero attached hydrogens (tertiary/aromatic N) is 5. The van der Waals surface area contributed by atoms with Gasteiger partial charge in [-0.2, -0.15) is 0 Å². The second-order valence-corrected chi connectivity index (χ2v) is 4.35. The quantitative estimate of drug-likeness (QED) is 0.691. The molecule has 2 heterocycles. The molecule has 1 aromatic rings. The van der Waals surface area contributed by atoms with Crippen LogP contribution < -0.4 is 5.32 Å². The topological polar surface area (TPSA) is 96.2 Å². The summed E-state index contributed by atoms with van der Waals surface area (Å²) in [5.41, 5.74) is 0. The van der Waals surface area contributed by atoms with Crippen molar-refractivity contribution < 1.29 is 9.90 Å². The molecule has 0 saturated carbocycles. The van der Waals surface area contributed by atoms with E-state index in [9.17, 15) is 4.79 Å². The Hall–Kier alpha value is -1.54. The van der Waals surface area contributed by atoms with E-state index in [1.807, 2.05) is 4.90 Å². The van der Waals surface area contributed by atoms with Gasteiger partial charge in [-0.05, 0) is 16.8 Å². The van der Waals surface area contributed by atoms with Gasteiger partial charge in [-0.3, -0.25) is 9.69 Å². The van der Waals surface area contributed by atoms with Crippen molar-refractivity contribution in [3.8, 4) is 0 Å². The van der Waals surface area contributed by atoms with Gasteiger partial charge in [0.25, 0.3) is 0 Å². The van der Waals surface area contributed by atoms with Crippen LogP contribution in [0.2, 0.25) is 0 Å². The highest BCUT2D eigenvalue weighted by atomic mass is 16.4. The average Bonchev–Trinajstić information content (AvgIpc) is 2.78. The Morgan fingerprint density at radius 2 is 2.44 bits per heavy atom. The molecule has 1 saturated heterocycles. The van der Waals surface area contributed by atoms with E-state index in [1.165, 1.54) is 0 Å². The van der Waals surface area contributed by atoms with Gasteiger partial charge in [-0.1, -0.05) is 6.92 Å². The van der Waals surface area contributed by atoms with Crippen LogP contribution in [0.3, 0.4) is 0 Å². The SMILES string of the molecule is CCCn1nnnc1CN1CCNCC1C(=O)O. The van der Waals surface area contributed by atoms with Crippen LogP contribution in [-0.4, -0.2) is 61.9 Å². The zero-order chi connectivity index (χ0) is 13.0. The van der Waals surface area contributed by atoms with Gasteiger partial charge in [-0.25, -0.2) is 4.68 Å². The number of piperazine rings is 1. The molecule has 100 valence electrons. The number of aliphatic carboxylic acids is 1. The molecule has 8 nitrogen and oxygen atoms in total. The minimum atomic E-state index is -0.809. The minimum absolute atomic E-state index is 0.463. The number of carbonyl (C=O) groups is 1. The van der Waals surface area contributed by atoms with E-state index < -0.39 is 12.0 Å². The van der Waals surface area contributed by atoms with Crippen LogP contribution in [-0.2, 0) is 17.9 Å². The number of aromatic nitrogens is 4. The predicted molar refractivity (Wildman–Crippen MR) is 62.8 cm³/mol. The third-order valence-corrected chi connectivity index (χ3v) is 3.03. The van der Waals surface area contributed by atoms with Gasteiger partial charge in [0.1, 0.15) is 6.04 Å². The summed E-state index contributed by atoms with van der Waals surface area (Å²) in [6.07, 6.45) is 0.946. The van der Waals surface area contributed by atoms with Crippen molar-refractivity contribution in [3.63, 3.8) is 0 Å². The molecule has 1 aliphatic rings. The van der Waals surface area contributed by atoms with Gasteiger partial charge in [0, 0.05) is 26.2 Å². The Morgan fingerprint density at radius 1 is 1.61 bits per heavy atom. The largest absolute Gasteiger partial charge is 0.480 e. The standard InChI is InChI=1S/C10H18N6O2/c1-2-4-16-9(12-13-14-16)7-15-5-3-11-6-8(15)10(17)18/h8,11H,2-7H2,1H3,(H,17,18). The summed E-state index contributed by atoms with van der Waals surface area (Å²) in [4.78, 5) is 13.1. The first kappa shape index (κ1) is 12.9. The normalized spacial score (nSPS) is 21.1. The average molecular weight is 254 g/mol. The number of nitrogens with one attached hydrogen (secondary N) is 1. The maximum absolute atomic E-state index is 11.2. The Balaban J connectivity index is 2.06. The Bertz CT molecular complexity index is 407. The minimum Gasteiger partial charge on any atom is -0.480 e. The van der Waals surface area contributed by atoms with Crippen molar-refractivity contribution in [1.82, 2.24) is 30.4 Å². The lowest BCUT2D eigenvalue weighted by molar-refractivity contribution is -0.144. The molecule has 0 bridgehead atoms. The Labute approximate surface area is 105 Å². The fourth-order valence-electron chi connectivity index (χ4n) is 2.08. The number of carboxylic acids is 1. The van der Waals surface area contributed by atoms with Crippen molar-refractivity contribution in [2.75, 3.05) is 19.6 Å². The molecule has 1 atom stereocenters. The van der Waals surface area contributed by atoms with Crippen LogP contribution in [0.15, 0.2) is 0 Å². The van der Waals surface area contributed by atoms with Crippen molar-refractivity contribution >= 4 is 5.97 Å². The van der Waals surface area contributed by atoms with Gasteiger partial charge in [0.05, 0.1) is 6.54 Å². The van der Waals surface area contributed by atoms with E-state index in [-0.39, 0.29) is 0 Å². The van der Waals surface area contributed by atoms with Crippen LogP contribution in [0, 0.1) is 0 Å². The van der Waals surface area contributed by atoms with Gasteiger partial charge < -0.3 is 10.4 Å². The summed E-state index contributed by atoms with van der Waals surface area (Å²) in [5.74, 6) is -0.0817. The van der Waals surface area contributed by atoms with Gasteiger partial charge in [-0.15, -0.1) is 5.10 Å². The summed E-state index contributed by atoms with van der Waals surface area (Å²) in [5, 5.41) is 23.8. The number of hydrogen-bond donors (Lipinski definition) is 2. The number of tetrazole rings is 1. The van der Waals surface area contributed by atoms with Gasteiger partial charge in [0.15, 0.2) is 5.82 Å². The highest BCUT2D eigenvalue weighted by Gasteiger charge is 2.29. The van der Waals surface area contributed by atoms with E-state index in [1.54, 1.807) is 4.68 Å². The number of hydrogen-bond acceptors (Lipinski definition) is 6. The van der Waals surface area contributed by atoms with Crippen LogP contribution in [0.5, 0.6) is 0 Å². The molecule has 0 radical (unpaired) electrons. The monoisotopic (exact) mass is 254 g/mol. The maximum atomic E-state index is 11.2. The van der Waals surface area contributed by atoms with Gasteiger partial charge >= 0.3 is 5.97 Å². The highest BCUT2D eigenvalue weighted by molar-refractivity contribution is 5.73. The second-order valence-electron chi connectivity index (χ2n) is 4.35. The van der Waals surface area contributed by atoms with Crippen LogP contribution >= 0.6 is 0 Å². The zero-order valence-electron chi connectivity index (χ0n) is 10.4. The van der Waals surface area contributed by atoms with E-state index in [0.29, 0.717) is 19.6 Å². The summed E-state index contributed by atoms with van der Waals surface area (Å²) in [7, 11) is 0. The predicted octanol–water partition coefficient (Wildman–Crippen LogP) is -1.06. The molecule has 2 N–H and O–H groups in total. The molecule has 0 spiro atoms. The smallest absolute Gasteiger partial charge is 0.322 e. The molecule has 1 aliphatic heterocycles. The van der Waals surface area contributed by atoms with Crippen LogP contribution in [0.1, 0.15) is 19.2 Å². The lowest BCUT2D eigenvalue weighted by Gasteiger charge is -2.32. The van der Waals surface area contributed by atoms with E-state index in [0.717, 1.165) is 25.3 Å². The fourth-order valence-corrected chi connectivity index (χ4v) is 2.08. The summed E-state index contributed by atoms with van der Waals surface area (Å²) in [6, 6.07) is -0.509. The van der Waals surface area contributed by atoms with Crippen molar-refractivity contribution in [2.45, 2.75) is 32.5 Å². The van der Waals surface area contributed by atoms with E-state index >= 15 is 0 Å². The third kappa shape index (κ3) is 2.82. The molecule has 1 aromatic heterocycles. The van der Waals surface area contributed by atoms with Gasteiger partial charge in [0.2, 0.25) is 0 Å². The molecule has 1 unspecified atom stereocenters. The summed E-state index contributed by atoms with van der Waals surface area (Å²) in [6.45, 7) is 5.23. The third-order valence-electron chi connectivity index (χ3n) is 3.03. The first-order chi connectivity index (χ1) is 8.72. The molecule has 0 aromatic carbocycles. The number of rotatable bonds is 5. The molecule has 1 fully saturated rings. The number of carboxylic acid groups (broad SMARTS) is 1. The lowest BCUT2D eigenvalue weighted by atomic mass is 10.2. The molecule has 2 rings (SSSR count). The Kier molecular flexibility index (Phi) is 4.21. The molecule has 0 amide bonds. The molecule has 8 heteroatoms. The molecular formula is C10H18N6O2. The van der Waals surface area contributed by atoms with E-state index in [2.05, 4.69) is 27.8 Å². The highest BCUT2D eigenvalue weighted by Crippen LogP contribution is 2.08. The van der Waals surface area contributed by atoms with Crippen molar-refractivity contribution in [2.24, 2.45) is 0 Å². The van der Waals surface area contributed by atoms with E-state index in [4.69, 9.17) is 5.11 Å². The molecule has 0 aliphatic carbocycles. The second kappa shape index (κ2) is 5.87. The Morgan fingerprint density at radius 3 is 3.17 bits per heavy atom. The summed E-state index contributed by atoms with van der Waals surface area (Å²) < 4.78 is 1.74. The first-order valence-electron chi connectivity index (χ1n) is 6.15. The zero-order valence-corrected chi connectivity index (χ0v) is 10.4. The van der Waals surface area contributed by atoms with Crippen LogP contribution in [0.25, 0.3) is 0 Å². The lowest BCUT2D eigenvalue weighted by Crippen LogP contribution is -2.54. The number of aryl methyl sites for hydroxylation is 1. The van der Waals surface area contributed by atoms with Crippen LogP contribution in [0.4, 0.5) is 0 Å². The van der Waals surface area contributed by atoms with Crippen molar-refractivity contribution in [3.05, 3.63) is 5.82 Å². The fraction of sp³-hybridized carbons (Fsp3) is 0.800.